The molecule has 0 amide bonds. The Hall–Kier alpha value is -0.160. The molecular weight excluding hydrogens is 214 g/mol. The van der Waals surface area contributed by atoms with Crippen molar-refractivity contribution in [3.8, 4) is 0 Å². The van der Waals surface area contributed by atoms with E-state index in [0.717, 1.165) is 26.1 Å². The smallest absolute Gasteiger partial charge is 0.0611 e. The molecule has 0 aromatic rings. The fourth-order valence-corrected chi connectivity index (χ4v) is 1.84. The fraction of sp³-hybridized carbons (Fsp3) is 1.00. The molecule has 102 valence electrons. The maximum absolute atomic E-state index is 9.50. The third kappa shape index (κ3) is 6.36. The van der Waals surface area contributed by atoms with Crippen molar-refractivity contribution in [2.45, 2.75) is 37.8 Å². The van der Waals surface area contributed by atoms with Crippen molar-refractivity contribution in [3.05, 3.63) is 0 Å². The molecule has 0 aromatic heterocycles. The number of aliphatic hydroxyl groups excluding tert-OH is 1. The van der Waals surface area contributed by atoms with Crippen LogP contribution in [0.5, 0.6) is 0 Å². The summed E-state index contributed by atoms with van der Waals surface area (Å²) in [7, 11) is 6.35. The SMILES string of the molecule is CN(C)CCN(C)CCC(C)(CO)NC1CC1. The van der Waals surface area contributed by atoms with Gasteiger partial charge in [-0.2, -0.15) is 0 Å². The van der Waals surface area contributed by atoms with Gasteiger partial charge >= 0.3 is 0 Å². The predicted octanol–water partition coefficient (Wildman–Crippen LogP) is 0.373. The zero-order valence-corrected chi connectivity index (χ0v) is 11.9. The lowest BCUT2D eigenvalue weighted by Gasteiger charge is -2.31. The molecule has 0 aromatic carbocycles. The van der Waals surface area contributed by atoms with Crippen molar-refractivity contribution in [1.29, 1.82) is 0 Å². The Labute approximate surface area is 106 Å². The molecule has 1 saturated carbocycles. The Morgan fingerprint density at radius 3 is 2.29 bits per heavy atom. The molecule has 4 heteroatoms. The highest BCUT2D eigenvalue weighted by atomic mass is 16.3. The van der Waals surface area contributed by atoms with Crippen LogP contribution in [0.1, 0.15) is 26.2 Å². The first-order chi connectivity index (χ1) is 7.95. The van der Waals surface area contributed by atoms with Gasteiger partial charge in [-0.15, -0.1) is 0 Å². The van der Waals surface area contributed by atoms with Gasteiger partial charge in [0.25, 0.3) is 0 Å². The van der Waals surface area contributed by atoms with Crippen LogP contribution < -0.4 is 5.32 Å². The minimum atomic E-state index is -0.104. The van der Waals surface area contributed by atoms with Crippen LogP contribution in [0.25, 0.3) is 0 Å². The number of aliphatic hydroxyl groups is 1. The highest BCUT2D eigenvalue weighted by Gasteiger charge is 2.31. The van der Waals surface area contributed by atoms with Crippen LogP contribution in [0.4, 0.5) is 0 Å². The molecule has 1 aliphatic rings. The van der Waals surface area contributed by atoms with Gasteiger partial charge in [0.15, 0.2) is 0 Å². The number of rotatable bonds is 9. The number of hydrogen-bond donors (Lipinski definition) is 2. The normalized spacial score (nSPS) is 19.9. The lowest BCUT2D eigenvalue weighted by molar-refractivity contribution is 0.147. The summed E-state index contributed by atoms with van der Waals surface area (Å²) in [5, 5.41) is 13.1. The van der Waals surface area contributed by atoms with Crippen LogP contribution in [-0.4, -0.2) is 73.9 Å². The summed E-state index contributed by atoms with van der Waals surface area (Å²) in [6.07, 6.45) is 3.54. The Balaban J connectivity index is 2.20. The third-order valence-electron chi connectivity index (χ3n) is 3.45. The molecule has 4 nitrogen and oxygen atoms in total. The maximum atomic E-state index is 9.50. The van der Waals surface area contributed by atoms with Gasteiger partial charge in [-0.1, -0.05) is 0 Å². The summed E-state index contributed by atoms with van der Waals surface area (Å²) in [5.41, 5.74) is -0.104. The average Bonchev–Trinajstić information content (AvgIpc) is 3.07. The van der Waals surface area contributed by atoms with Crippen LogP contribution >= 0.6 is 0 Å². The molecule has 0 heterocycles. The molecule has 1 fully saturated rings. The number of nitrogens with one attached hydrogen (secondary N) is 1. The molecular formula is C13H29N3O. The van der Waals surface area contributed by atoms with Gasteiger partial charge < -0.3 is 20.2 Å². The van der Waals surface area contributed by atoms with Crippen molar-refractivity contribution < 1.29 is 5.11 Å². The zero-order chi connectivity index (χ0) is 12.9. The summed E-state index contributed by atoms with van der Waals surface area (Å²) in [4.78, 5) is 4.53. The van der Waals surface area contributed by atoms with Gasteiger partial charge in [-0.3, -0.25) is 0 Å². The maximum Gasteiger partial charge on any atom is 0.0611 e. The van der Waals surface area contributed by atoms with Crippen molar-refractivity contribution in [1.82, 2.24) is 15.1 Å². The van der Waals surface area contributed by atoms with Crippen LogP contribution in [-0.2, 0) is 0 Å². The van der Waals surface area contributed by atoms with Crippen LogP contribution in [0.3, 0.4) is 0 Å². The Morgan fingerprint density at radius 1 is 1.18 bits per heavy atom. The highest BCUT2D eigenvalue weighted by Crippen LogP contribution is 2.23. The third-order valence-corrected chi connectivity index (χ3v) is 3.45. The van der Waals surface area contributed by atoms with E-state index in [1.807, 2.05) is 0 Å². The van der Waals surface area contributed by atoms with Crippen LogP contribution in [0.2, 0.25) is 0 Å². The summed E-state index contributed by atoms with van der Waals surface area (Å²) in [5.74, 6) is 0. The van der Waals surface area contributed by atoms with E-state index in [9.17, 15) is 5.11 Å². The van der Waals surface area contributed by atoms with E-state index in [1.54, 1.807) is 0 Å². The van der Waals surface area contributed by atoms with E-state index >= 15 is 0 Å². The monoisotopic (exact) mass is 243 g/mol. The van der Waals surface area contributed by atoms with Gasteiger partial charge in [0.05, 0.1) is 6.61 Å². The van der Waals surface area contributed by atoms with E-state index in [2.05, 4.69) is 43.2 Å². The van der Waals surface area contributed by atoms with Gasteiger partial charge in [-0.05, 0) is 53.9 Å². The minimum absolute atomic E-state index is 0.104. The van der Waals surface area contributed by atoms with Crippen molar-refractivity contribution in [3.63, 3.8) is 0 Å². The summed E-state index contributed by atoms with van der Waals surface area (Å²) < 4.78 is 0. The first-order valence-electron chi connectivity index (χ1n) is 6.67. The van der Waals surface area contributed by atoms with Crippen molar-refractivity contribution in [2.75, 3.05) is 47.4 Å². The van der Waals surface area contributed by atoms with E-state index in [0.29, 0.717) is 6.04 Å². The topological polar surface area (TPSA) is 38.7 Å². The quantitative estimate of drug-likeness (QED) is 0.614. The van der Waals surface area contributed by atoms with E-state index in [1.165, 1.54) is 12.8 Å². The molecule has 1 rings (SSSR count). The molecule has 1 aliphatic carbocycles. The summed E-state index contributed by atoms with van der Waals surface area (Å²) in [6.45, 7) is 5.56. The second kappa shape index (κ2) is 6.69. The molecule has 0 aliphatic heterocycles. The molecule has 17 heavy (non-hydrogen) atoms. The van der Waals surface area contributed by atoms with Gasteiger partial charge in [-0.25, -0.2) is 0 Å². The molecule has 1 unspecified atom stereocenters. The Kier molecular flexibility index (Phi) is 5.86. The highest BCUT2D eigenvalue weighted by molar-refractivity contribution is 4.92. The summed E-state index contributed by atoms with van der Waals surface area (Å²) in [6, 6.07) is 0.652. The lowest BCUT2D eigenvalue weighted by Crippen LogP contribution is -2.49. The number of nitrogens with zero attached hydrogens (tertiary/aromatic N) is 2. The van der Waals surface area contributed by atoms with Crippen molar-refractivity contribution >= 4 is 0 Å². The lowest BCUT2D eigenvalue weighted by atomic mass is 9.98. The van der Waals surface area contributed by atoms with Crippen LogP contribution in [0, 0.1) is 0 Å². The molecule has 0 radical (unpaired) electrons. The fourth-order valence-electron chi connectivity index (χ4n) is 1.84. The zero-order valence-electron chi connectivity index (χ0n) is 11.9. The number of likely N-dealkylation sites (N-methyl/N-ethyl adjacent to an activating group) is 2. The van der Waals surface area contributed by atoms with Gasteiger partial charge in [0, 0.05) is 24.7 Å². The van der Waals surface area contributed by atoms with E-state index < -0.39 is 0 Å². The number of hydrogen-bond acceptors (Lipinski definition) is 4. The second-order valence-electron chi connectivity index (χ2n) is 5.99. The Bertz CT molecular complexity index is 219. The summed E-state index contributed by atoms with van der Waals surface area (Å²) >= 11 is 0. The molecule has 2 N–H and O–H groups in total. The average molecular weight is 243 g/mol. The van der Waals surface area contributed by atoms with Crippen molar-refractivity contribution in [2.24, 2.45) is 0 Å². The van der Waals surface area contributed by atoms with E-state index in [-0.39, 0.29) is 12.1 Å². The molecule has 0 saturated heterocycles. The second-order valence-corrected chi connectivity index (χ2v) is 5.99. The first kappa shape index (κ1) is 14.9. The van der Waals surface area contributed by atoms with Gasteiger partial charge in [0.1, 0.15) is 0 Å². The largest absolute Gasteiger partial charge is 0.394 e. The molecule has 0 bridgehead atoms. The van der Waals surface area contributed by atoms with E-state index in [4.69, 9.17) is 0 Å². The standard InChI is InChI=1S/C13H29N3O/c1-13(11-17,14-12-5-6-12)7-8-16(4)10-9-15(2)3/h12,14,17H,5-11H2,1-4H3. The Morgan fingerprint density at radius 2 is 1.82 bits per heavy atom. The molecule has 0 spiro atoms. The van der Waals surface area contributed by atoms with Gasteiger partial charge in [0.2, 0.25) is 0 Å². The van der Waals surface area contributed by atoms with Crippen LogP contribution in [0.15, 0.2) is 0 Å². The minimum Gasteiger partial charge on any atom is -0.394 e. The predicted molar refractivity (Wildman–Crippen MR) is 72.3 cm³/mol. The molecule has 1 atom stereocenters. The first-order valence-corrected chi connectivity index (χ1v) is 6.67.